The van der Waals surface area contributed by atoms with Crippen molar-refractivity contribution in [2.75, 3.05) is 19.6 Å². The van der Waals surface area contributed by atoms with Gasteiger partial charge in [0.25, 0.3) is 11.8 Å². The van der Waals surface area contributed by atoms with E-state index in [9.17, 15) is 14.0 Å². The smallest absolute Gasteiger partial charge is 0.253 e. The molecule has 0 aromatic heterocycles. The molecule has 4 rings (SSSR count). The van der Waals surface area contributed by atoms with Crippen LogP contribution in [0.25, 0.3) is 11.1 Å². The minimum atomic E-state index is -0.340. The van der Waals surface area contributed by atoms with Crippen LogP contribution in [0.2, 0.25) is 0 Å². The van der Waals surface area contributed by atoms with E-state index >= 15 is 0 Å². The Morgan fingerprint density at radius 1 is 0.765 bits per heavy atom. The number of likely N-dealkylation sites (tertiary alicyclic amines) is 1. The fourth-order valence-corrected chi connectivity index (χ4v) is 4.35. The molecule has 5 heteroatoms. The van der Waals surface area contributed by atoms with Crippen LogP contribution in [0.15, 0.2) is 78.9 Å². The number of hydrogen-bond donors (Lipinski definition) is 1. The van der Waals surface area contributed by atoms with E-state index in [2.05, 4.69) is 17.4 Å². The predicted molar refractivity (Wildman–Crippen MR) is 133 cm³/mol. The molecule has 0 aliphatic carbocycles. The van der Waals surface area contributed by atoms with Crippen LogP contribution in [-0.4, -0.2) is 36.3 Å². The van der Waals surface area contributed by atoms with E-state index in [4.69, 9.17) is 0 Å². The zero-order chi connectivity index (χ0) is 23.8. The molecule has 34 heavy (non-hydrogen) atoms. The molecular formula is C29H31FN2O2. The minimum Gasteiger partial charge on any atom is -0.352 e. The lowest BCUT2D eigenvalue weighted by molar-refractivity contribution is 0.0480. The van der Waals surface area contributed by atoms with Gasteiger partial charge in [-0.15, -0.1) is 0 Å². The van der Waals surface area contributed by atoms with Gasteiger partial charge in [0.15, 0.2) is 0 Å². The molecule has 1 heterocycles. The maximum absolute atomic E-state index is 12.9. The van der Waals surface area contributed by atoms with Gasteiger partial charge in [-0.2, -0.15) is 0 Å². The Balaban J connectivity index is 1.07. The predicted octanol–water partition coefficient (Wildman–Crippen LogP) is 5.95. The van der Waals surface area contributed by atoms with Gasteiger partial charge in [0.2, 0.25) is 0 Å². The molecule has 3 aromatic carbocycles. The van der Waals surface area contributed by atoms with Crippen molar-refractivity contribution >= 4 is 11.8 Å². The van der Waals surface area contributed by atoms with Crippen LogP contribution in [0, 0.1) is 11.7 Å². The topological polar surface area (TPSA) is 49.4 Å². The van der Waals surface area contributed by atoms with E-state index < -0.39 is 0 Å². The Kier molecular flexibility index (Phi) is 8.08. The van der Waals surface area contributed by atoms with E-state index in [1.165, 1.54) is 24.3 Å². The summed E-state index contributed by atoms with van der Waals surface area (Å²) >= 11 is 0. The average molecular weight is 459 g/mol. The van der Waals surface area contributed by atoms with Crippen LogP contribution in [0.3, 0.4) is 0 Å². The largest absolute Gasteiger partial charge is 0.352 e. The second-order valence-corrected chi connectivity index (χ2v) is 8.99. The van der Waals surface area contributed by atoms with Crippen molar-refractivity contribution in [1.29, 1.82) is 0 Å². The lowest BCUT2D eigenvalue weighted by Gasteiger charge is -2.39. The van der Waals surface area contributed by atoms with Crippen LogP contribution in [0.4, 0.5) is 4.39 Å². The van der Waals surface area contributed by atoms with Gasteiger partial charge in [-0.05, 0) is 66.3 Å². The Bertz CT molecular complexity index is 1080. The number of carbonyl (C=O) groups excluding carboxylic acids is 2. The number of rotatable bonds is 10. The van der Waals surface area contributed by atoms with E-state index in [1.54, 1.807) is 0 Å². The summed E-state index contributed by atoms with van der Waals surface area (Å²) < 4.78 is 12.9. The van der Waals surface area contributed by atoms with E-state index in [0.717, 1.165) is 61.9 Å². The zero-order valence-electron chi connectivity index (χ0n) is 19.4. The number of nitrogens with one attached hydrogen (secondary N) is 1. The molecule has 4 nitrogen and oxygen atoms in total. The third-order valence-electron chi connectivity index (χ3n) is 6.41. The first-order valence-electron chi connectivity index (χ1n) is 12.1. The summed E-state index contributed by atoms with van der Waals surface area (Å²) in [5.74, 6) is 0.209. The molecule has 176 valence electrons. The molecule has 0 unspecified atom stereocenters. The van der Waals surface area contributed by atoms with E-state index in [0.29, 0.717) is 18.0 Å². The summed E-state index contributed by atoms with van der Waals surface area (Å²) in [5.41, 5.74) is 3.51. The van der Waals surface area contributed by atoms with Crippen molar-refractivity contribution in [1.82, 2.24) is 10.2 Å². The highest BCUT2D eigenvalue weighted by Gasteiger charge is 2.30. The number of halogens is 1. The monoisotopic (exact) mass is 458 g/mol. The molecule has 0 atom stereocenters. The summed E-state index contributed by atoms with van der Waals surface area (Å²) in [4.78, 5) is 26.6. The quantitative estimate of drug-likeness (QED) is 0.382. The van der Waals surface area contributed by atoms with Gasteiger partial charge in [-0.3, -0.25) is 9.59 Å². The first kappa shape index (κ1) is 23.7. The molecule has 1 aliphatic heterocycles. The van der Waals surface area contributed by atoms with Crippen molar-refractivity contribution in [3.05, 3.63) is 95.8 Å². The van der Waals surface area contributed by atoms with Crippen LogP contribution >= 0.6 is 0 Å². The molecule has 1 N–H and O–H groups in total. The first-order valence-corrected chi connectivity index (χ1v) is 12.1. The number of hydrogen-bond acceptors (Lipinski definition) is 2. The molecule has 0 radical (unpaired) electrons. The van der Waals surface area contributed by atoms with Crippen LogP contribution in [-0.2, 0) is 0 Å². The van der Waals surface area contributed by atoms with Crippen molar-refractivity contribution in [3.8, 4) is 11.1 Å². The first-order chi connectivity index (χ1) is 16.6. The molecule has 0 bridgehead atoms. The van der Waals surface area contributed by atoms with Crippen LogP contribution < -0.4 is 5.32 Å². The van der Waals surface area contributed by atoms with Crippen LogP contribution in [0.5, 0.6) is 0 Å². The number of nitrogens with zero attached hydrogens (tertiary/aromatic N) is 1. The SMILES string of the molecule is O=C(NCCCCCCC1CN(C(=O)c2ccc(-c3ccccc3)cc2)C1)c1ccc(F)cc1. The molecule has 1 fully saturated rings. The fourth-order valence-electron chi connectivity index (χ4n) is 4.35. The number of unbranched alkanes of at least 4 members (excludes halogenated alkanes) is 3. The third kappa shape index (κ3) is 6.31. The molecule has 2 amide bonds. The van der Waals surface area contributed by atoms with Crippen molar-refractivity contribution in [2.45, 2.75) is 32.1 Å². The molecular weight excluding hydrogens is 427 g/mol. The summed E-state index contributed by atoms with van der Waals surface area (Å²) in [6, 6.07) is 23.6. The Morgan fingerprint density at radius 2 is 1.38 bits per heavy atom. The molecule has 0 saturated carbocycles. The van der Waals surface area contributed by atoms with E-state index in [1.807, 2.05) is 47.4 Å². The van der Waals surface area contributed by atoms with Crippen molar-refractivity contribution in [3.63, 3.8) is 0 Å². The lowest BCUT2D eigenvalue weighted by Crippen LogP contribution is -2.49. The van der Waals surface area contributed by atoms with Crippen molar-refractivity contribution < 1.29 is 14.0 Å². The summed E-state index contributed by atoms with van der Waals surface area (Å²) in [7, 11) is 0. The number of amides is 2. The van der Waals surface area contributed by atoms with Gasteiger partial charge in [-0.25, -0.2) is 4.39 Å². The molecule has 1 saturated heterocycles. The zero-order valence-corrected chi connectivity index (χ0v) is 19.4. The second kappa shape index (κ2) is 11.6. The Labute approximate surface area is 200 Å². The highest BCUT2D eigenvalue weighted by atomic mass is 19.1. The standard InChI is InChI=1S/C29H31FN2O2/c30-27-17-15-25(16-18-27)28(33)31-19-7-2-1-4-8-22-20-32(21-22)29(34)26-13-11-24(12-14-26)23-9-5-3-6-10-23/h3,5-6,9-18,22H,1-2,4,7-8,19-21H2,(H,31,33). The Hall–Kier alpha value is -3.47. The van der Waals surface area contributed by atoms with Crippen LogP contribution in [0.1, 0.15) is 52.8 Å². The average Bonchev–Trinajstić information content (AvgIpc) is 2.85. The van der Waals surface area contributed by atoms with Gasteiger partial charge >= 0.3 is 0 Å². The van der Waals surface area contributed by atoms with Crippen molar-refractivity contribution in [2.24, 2.45) is 5.92 Å². The van der Waals surface area contributed by atoms with Gasteiger partial charge in [0.1, 0.15) is 5.82 Å². The van der Waals surface area contributed by atoms with Gasteiger partial charge in [0.05, 0.1) is 0 Å². The maximum atomic E-state index is 12.9. The van der Waals surface area contributed by atoms with Gasteiger partial charge < -0.3 is 10.2 Å². The summed E-state index contributed by atoms with van der Waals surface area (Å²) in [6.45, 7) is 2.31. The number of benzene rings is 3. The highest BCUT2D eigenvalue weighted by Crippen LogP contribution is 2.25. The maximum Gasteiger partial charge on any atom is 0.253 e. The molecule has 0 spiro atoms. The number of carbonyl (C=O) groups is 2. The fraction of sp³-hybridized carbons (Fsp3) is 0.310. The van der Waals surface area contributed by atoms with E-state index in [-0.39, 0.29) is 17.6 Å². The summed E-state index contributed by atoms with van der Waals surface area (Å²) in [5, 5.41) is 2.88. The normalized spacial score (nSPS) is 13.4. The third-order valence-corrected chi connectivity index (χ3v) is 6.41. The summed E-state index contributed by atoms with van der Waals surface area (Å²) in [6.07, 6.45) is 5.40. The lowest BCUT2D eigenvalue weighted by atomic mass is 9.92. The second-order valence-electron chi connectivity index (χ2n) is 8.99. The Morgan fingerprint density at radius 3 is 2.09 bits per heavy atom. The highest BCUT2D eigenvalue weighted by molar-refractivity contribution is 5.95. The molecule has 1 aliphatic rings. The van der Waals surface area contributed by atoms with Gasteiger partial charge in [-0.1, -0.05) is 61.7 Å². The minimum absolute atomic E-state index is 0.118. The molecule has 3 aromatic rings. The van der Waals surface area contributed by atoms with Gasteiger partial charge in [0, 0.05) is 30.8 Å².